The Labute approximate surface area is 101 Å². The highest BCUT2D eigenvalue weighted by Crippen LogP contribution is 2.21. The van der Waals surface area contributed by atoms with E-state index in [0.717, 1.165) is 12.0 Å². The molecule has 17 heavy (non-hydrogen) atoms. The fourth-order valence-corrected chi connectivity index (χ4v) is 1.95. The van der Waals surface area contributed by atoms with Crippen LogP contribution in [0.1, 0.15) is 25.3 Å². The normalized spacial score (nSPS) is 18.2. The number of hydrogen-bond acceptors (Lipinski definition) is 2. The SMILES string of the molecule is CC/C=C1/CC(=O)N(Cc2ccccc2)C1=O. The maximum absolute atomic E-state index is 11.9. The molecule has 3 nitrogen and oxygen atoms in total. The molecule has 0 aromatic heterocycles. The van der Waals surface area contributed by atoms with Crippen molar-refractivity contribution in [1.82, 2.24) is 4.90 Å². The van der Waals surface area contributed by atoms with Crippen molar-refractivity contribution in [3.05, 3.63) is 47.5 Å². The molecule has 0 aliphatic carbocycles. The maximum atomic E-state index is 11.9. The Morgan fingerprint density at radius 1 is 1.24 bits per heavy atom. The molecule has 0 radical (unpaired) electrons. The molecule has 1 aliphatic rings. The highest BCUT2D eigenvalue weighted by atomic mass is 16.2. The molecular weight excluding hydrogens is 214 g/mol. The standard InChI is InChI=1S/C14H15NO2/c1-2-6-12-9-13(16)15(14(12)17)10-11-7-4-3-5-8-11/h3-8H,2,9-10H2,1H3/b12-6-. The number of imide groups is 1. The first-order chi connectivity index (χ1) is 8.22. The van der Waals surface area contributed by atoms with Crippen LogP contribution in [-0.4, -0.2) is 16.7 Å². The molecule has 1 fully saturated rings. The van der Waals surface area contributed by atoms with E-state index in [9.17, 15) is 9.59 Å². The number of amides is 2. The second kappa shape index (κ2) is 4.95. The van der Waals surface area contributed by atoms with Gasteiger partial charge in [0.15, 0.2) is 0 Å². The van der Waals surface area contributed by atoms with Crippen molar-refractivity contribution < 1.29 is 9.59 Å². The van der Waals surface area contributed by atoms with Crippen LogP contribution in [-0.2, 0) is 16.1 Å². The van der Waals surface area contributed by atoms with E-state index in [1.165, 1.54) is 4.90 Å². The van der Waals surface area contributed by atoms with Gasteiger partial charge < -0.3 is 0 Å². The van der Waals surface area contributed by atoms with Crippen molar-refractivity contribution in [3.63, 3.8) is 0 Å². The fourth-order valence-electron chi connectivity index (χ4n) is 1.95. The number of nitrogens with zero attached hydrogens (tertiary/aromatic N) is 1. The summed E-state index contributed by atoms with van der Waals surface area (Å²) in [6, 6.07) is 9.57. The van der Waals surface area contributed by atoms with Gasteiger partial charge in [0.1, 0.15) is 0 Å². The Morgan fingerprint density at radius 2 is 1.94 bits per heavy atom. The van der Waals surface area contributed by atoms with Gasteiger partial charge in [0.05, 0.1) is 13.0 Å². The molecule has 0 atom stereocenters. The van der Waals surface area contributed by atoms with Gasteiger partial charge in [-0.3, -0.25) is 14.5 Å². The zero-order valence-electron chi connectivity index (χ0n) is 9.85. The molecule has 2 rings (SSSR count). The van der Waals surface area contributed by atoms with Crippen molar-refractivity contribution >= 4 is 11.8 Å². The number of hydrogen-bond donors (Lipinski definition) is 0. The van der Waals surface area contributed by atoms with Crippen LogP contribution in [0.4, 0.5) is 0 Å². The maximum Gasteiger partial charge on any atom is 0.256 e. The van der Waals surface area contributed by atoms with Crippen molar-refractivity contribution in [2.45, 2.75) is 26.3 Å². The third-order valence-corrected chi connectivity index (χ3v) is 2.80. The van der Waals surface area contributed by atoms with Crippen LogP contribution in [0.15, 0.2) is 42.0 Å². The monoisotopic (exact) mass is 229 g/mol. The fraction of sp³-hybridized carbons (Fsp3) is 0.286. The Bertz CT molecular complexity index is 462. The zero-order valence-corrected chi connectivity index (χ0v) is 9.85. The van der Waals surface area contributed by atoms with Gasteiger partial charge in [-0.15, -0.1) is 0 Å². The predicted octanol–water partition coefficient (Wildman–Crippen LogP) is 2.28. The van der Waals surface area contributed by atoms with Crippen molar-refractivity contribution in [1.29, 1.82) is 0 Å². The van der Waals surface area contributed by atoms with E-state index in [2.05, 4.69) is 0 Å². The predicted molar refractivity (Wildman–Crippen MR) is 65.0 cm³/mol. The van der Waals surface area contributed by atoms with Gasteiger partial charge in [-0.1, -0.05) is 43.3 Å². The van der Waals surface area contributed by atoms with E-state index in [1.807, 2.05) is 43.3 Å². The second-order valence-corrected chi connectivity index (χ2v) is 4.09. The zero-order chi connectivity index (χ0) is 12.3. The summed E-state index contributed by atoms with van der Waals surface area (Å²) in [4.78, 5) is 25.0. The van der Waals surface area contributed by atoms with Crippen molar-refractivity contribution in [2.75, 3.05) is 0 Å². The molecule has 0 bridgehead atoms. The van der Waals surface area contributed by atoms with Gasteiger partial charge in [0, 0.05) is 5.57 Å². The minimum absolute atomic E-state index is 0.0986. The number of carbonyl (C=O) groups excluding carboxylic acids is 2. The molecule has 1 aliphatic heterocycles. The van der Waals surface area contributed by atoms with Gasteiger partial charge in [-0.2, -0.15) is 0 Å². The first kappa shape index (κ1) is 11.6. The lowest BCUT2D eigenvalue weighted by molar-refractivity contribution is -0.138. The lowest BCUT2D eigenvalue weighted by Gasteiger charge is -2.13. The van der Waals surface area contributed by atoms with Crippen LogP contribution >= 0.6 is 0 Å². The Kier molecular flexibility index (Phi) is 3.38. The van der Waals surface area contributed by atoms with E-state index in [1.54, 1.807) is 0 Å². The van der Waals surface area contributed by atoms with E-state index in [4.69, 9.17) is 0 Å². The smallest absolute Gasteiger partial charge is 0.256 e. The lowest BCUT2D eigenvalue weighted by atomic mass is 10.2. The van der Waals surface area contributed by atoms with Crippen LogP contribution < -0.4 is 0 Å². The first-order valence-corrected chi connectivity index (χ1v) is 5.80. The third kappa shape index (κ3) is 2.44. The van der Waals surface area contributed by atoms with Crippen LogP contribution in [0.5, 0.6) is 0 Å². The Balaban J connectivity index is 2.15. The summed E-state index contributed by atoms with van der Waals surface area (Å²) < 4.78 is 0. The summed E-state index contributed by atoms with van der Waals surface area (Å²) in [5, 5.41) is 0. The van der Waals surface area contributed by atoms with Gasteiger partial charge in [0.25, 0.3) is 5.91 Å². The van der Waals surface area contributed by atoms with Crippen LogP contribution in [0.25, 0.3) is 0 Å². The molecule has 88 valence electrons. The highest BCUT2D eigenvalue weighted by Gasteiger charge is 2.33. The highest BCUT2D eigenvalue weighted by molar-refractivity contribution is 6.13. The minimum Gasteiger partial charge on any atom is -0.274 e. The molecule has 0 N–H and O–H groups in total. The van der Waals surface area contributed by atoms with Crippen LogP contribution in [0, 0.1) is 0 Å². The lowest BCUT2D eigenvalue weighted by Crippen LogP contribution is -2.28. The van der Waals surface area contributed by atoms with E-state index in [-0.39, 0.29) is 18.2 Å². The summed E-state index contributed by atoms with van der Waals surface area (Å²) in [6.07, 6.45) is 2.87. The molecule has 1 aromatic rings. The molecule has 0 spiro atoms. The van der Waals surface area contributed by atoms with Gasteiger partial charge in [-0.25, -0.2) is 0 Å². The summed E-state index contributed by atoms with van der Waals surface area (Å²) >= 11 is 0. The molecule has 0 saturated carbocycles. The molecule has 2 amide bonds. The first-order valence-electron chi connectivity index (χ1n) is 5.80. The summed E-state index contributed by atoms with van der Waals surface area (Å²) in [6.45, 7) is 2.34. The number of allylic oxidation sites excluding steroid dienone is 1. The van der Waals surface area contributed by atoms with E-state index in [0.29, 0.717) is 12.1 Å². The summed E-state index contributed by atoms with van der Waals surface area (Å²) in [5.41, 5.74) is 1.61. The minimum atomic E-state index is -0.138. The van der Waals surface area contributed by atoms with E-state index < -0.39 is 0 Å². The van der Waals surface area contributed by atoms with Gasteiger partial charge >= 0.3 is 0 Å². The van der Waals surface area contributed by atoms with Crippen LogP contribution in [0.2, 0.25) is 0 Å². The summed E-state index contributed by atoms with van der Waals surface area (Å²) in [7, 11) is 0. The van der Waals surface area contributed by atoms with E-state index >= 15 is 0 Å². The number of benzene rings is 1. The molecule has 1 heterocycles. The van der Waals surface area contributed by atoms with Crippen molar-refractivity contribution in [3.8, 4) is 0 Å². The number of rotatable bonds is 3. The van der Waals surface area contributed by atoms with Gasteiger partial charge in [-0.05, 0) is 12.0 Å². The topological polar surface area (TPSA) is 37.4 Å². The second-order valence-electron chi connectivity index (χ2n) is 4.09. The number of likely N-dealkylation sites (tertiary alicyclic amines) is 1. The average Bonchev–Trinajstić information content (AvgIpc) is 2.59. The quantitative estimate of drug-likeness (QED) is 0.589. The molecule has 1 aromatic carbocycles. The molecule has 3 heteroatoms. The third-order valence-electron chi connectivity index (χ3n) is 2.80. The Hall–Kier alpha value is -1.90. The van der Waals surface area contributed by atoms with Crippen LogP contribution in [0.3, 0.4) is 0 Å². The average molecular weight is 229 g/mol. The molecule has 0 unspecified atom stereocenters. The largest absolute Gasteiger partial charge is 0.274 e. The van der Waals surface area contributed by atoms with Gasteiger partial charge in [0.2, 0.25) is 5.91 Å². The van der Waals surface area contributed by atoms with Crippen molar-refractivity contribution in [2.24, 2.45) is 0 Å². The number of carbonyl (C=O) groups is 2. The Morgan fingerprint density at radius 3 is 2.59 bits per heavy atom. The summed E-state index contributed by atoms with van der Waals surface area (Å²) in [5.74, 6) is -0.237. The molecular formula is C14H15NO2. The molecule has 1 saturated heterocycles.